The Bertz CT molecular complexity index is 713. The summed E-state index contributed by atoms with van der Waals surface area (Å²) in [6.07, 6.45) is 0. The van der Waals surface area contributed by atoms with Crippen LogP contribution in [0.1, 0.15) is 4.88 Å². The highest BCUT2D eigenvalue weighted by atomic mass is 79.9. The van der Waals surface area contributed by atoms with E-state index in [2.05, 4.69) is 20.7 Å². The molecule has 0 aliphatic rings. The number of hydrogen-bond acceptors (Lipinski definition) is 5. The predicted octanol–water partition coefficient (Wildman–Crippen LogP) is 2.78. The van der Waals surface area contributed by atoms with Gasteiger partial charge in [-0.15, -0.1) is 11.3 Å². The molecule has 0 atom stereocenters. The van der Waals surface area contributed by atoms with Crippen molar-refractivity contribution in [1.82, 2.24) is 0 Å². The summed E-state index contributed by atoms with van der Waals surface area (Å²) in [5.41, 5.74) is 5.97. The second-order valence-corrected chi connectivity index (χ2v) is 8.00. The van der Waals surface area contributed by atoms with Crippen LogP contribution >= 0.6 is 27.3 Å². The second-order valence-electron chi connectivity index (χ2n) is 3.89. The molecule has 0 saturated heterocycles. The summed E-state index contributed by atoms with van der Waals surface area (Å²) in [7, 11) is -2.13. The van der Waals surface area contributed by atoms with Crippen molar-refractivity contribution in [3.8, 4) is 5.75 Å². The summed E-state index contributed by atoms with van der Waals surface area (Å²) in [6.45, 7) is 0.304. The SMILES string of the molecule is COc1cccc(NS(=O)(=O)c2cc(CN)sc2Br)c1. The quantitative estimate of drug-likeness (QED) is 0.840. The van der Waals surface area contributed by atoms with Crippen molar-refractivity contribution < 1.29 is 13.2 Å². The second kappa shape index (κ2) is 6.13. The lowest BCUT2D eigenvalue weighted by Gasteiger charge is -2.08. The van der Waals surface area contributed by atoms with Gasteiger partial charge in [-0.1, -0.05) is 6.07 Å². The standard InChI is InChI=1S/C12H13BrN2O3S2/c1-18-9-4-2-3-8(5-9)15-20(16,17)11-6-10(7-14)19-12(11)13/h2-6,15H,7,14H2,1H3. The van der Waals surface area contributed by atoms with Gasteiger partial charge in [-0.05, 0) is 34.1 Å². The topological polar surface area (TPSA) is 81.4 Å². The molecule has 8 heteroatoms. The Morgan fingerprint density at radius 3 is 2.75 bits per heavy atom. The third-order valence-electron chi connectivity index (χ3n) is 2.52. The maximum atomic E-state index is 12.3. The van der Waals surface area contributed by atoms with Gasteiger partial charge in [0.1, 0.15) is 10.6 Å². The summed E-state index contributed by atoms with van der Waals surface area (Å²) in [4.78, 5) is 0.980. The smallest absolute Gasteiger partial charge is 0.263 e. The number of nitrogens with one attached hydrogen (secondary N) is 1. The Morgan fingerprint density at radius 1 is 1.40 bits per heavy atom. The molecule has 0 aliphatic carbocycles. The monoisotopic (exact) mass is 376 g/mol. The molecule has 1 aromatic heterocycles. The number of ether oxygens (including phenoxy) is 1. The first-order valence-corrected chi connectivity index (χ1v) is 8.70. The summed E-state index contributed by atoms with van der Waals surface area (Å²) in [5.74, 6) is 0.581. The molecule has 2 aromatic rings. The van der Waals surface area contributed by atoms with E-state index in [1.807, 2.05) is 0 Å². The van der Waals surface area contributed by atoms with Crippen LogP contribution in [0.4, 0.5) is 5.69 Å². The van der Waals surface area contributed by atoms with E-state index in [0.29, 0.717) is 21.8 Å². The molecule has 108 valence electrons. The zero-order chi connectivity index (χ0) is 14.8. The van der Waals surface area contributed by atoms with E-state index in [4.69, 9.17) is 10.5 Å². The molecule has 1 heterocycles. The Morgan fingerprint density at radius 2 is 2.15 bits per heavy atom. The highest BCUT2D eigenvalue weighted by molar-refractivity contribution is 9.11. The van der Waals surface area contributed by atoms with Gasteiger partial charge in [-0.2, -0.15) is 0 Å². The number of anilines is 1. The number of thiophene rings is 1. The van der Waals surface area contributed by atoms with E-state index in [9.17, 15) is 8.42 Å². The van der Waals surface area contributed by atoms with Gasteiger partial charge in [0.2, 0.25) is 0 Å². The summed E-state index contributed by atoms with van der Waals surface area (Å²) in [5, 5.41) is 0. The molecule has 0 bridgehead atoms. The van der Waals surface area contributed by atoms with E-state index >= 15 is 0 Å². The highest BCUT2D eigenvalue weighted by Crippen LogP contribution is 2.32. The van der Waals surface area contributed by atoms with Gasteiger partial charge in [0.15, 0.2) is 0 Å². The average Bonchev–Trinajstić information content (AvgIpc) is 2.80. The molecule has 0 unspecified atom stereocenters. The van der Waals surface area contributed by atoms with Crippen LogP contribution in [0, 0.1) is 0 Å². The molecule has 5 nitrogen and oxygen atoms in total. The molecule has 20 heavy (non-hydrogen) atoms. The number of methoxy groups -OCH3 is 1. The van der Waals surface area contributed by atoms with Crippen LogP contribution < -0.4 is 15.2 Å². The van der Waals surface area contributed by atoms with E-state index in [1.54, 1.807) is 30.3 Å². The molecule has 0 saturated carbocycles. The number of rotatable bonds is 5. The number of benzene rings is 1. The third-order valence-corrected chi connectivity index (χ3v) is 6.17. The zero-order valence-corrected chi connectivity index (χ0v) is 13.8. The van der Waals surface area contributed by atoms with Crippen molar-refractivity contribution >= 4 is 43.0 Å². The first-order chi connectivity index (χ1) is 9.46. The van der Waals surface area contributed by atoms with Crippen LogP contribution in [0.15, 0.2) is 39.0 Å². The van der Waals surface area contributed by atoms with Crippen LogP contribution in [0.2, 0.25) is 0 Å². The number of hydrogen-bond donors (Lipinski definition) is 2. The molecule has 0 aliphatic heterocycles. The Kier molecular flexibility index (Phi) is 4.69. The molecule has 3 N–H and O–H groups in total. The van der Waals surface area contributed by atoms with E-state index in [-0.39, 0.29) is 4.90 Å². The molecule has 0 radical (unpaired) electrons. The molecule has 0 fully saturated rings. The van der Waals surface area contributed by atoms with Crippen LogP contribution in [0.3, 0.4) is 0 Å². The average molecular weight is 377 g/mol. The Hall–Kier alpha value is -1.09. The molecule has 1 aromatic carbocycles. The largest absolute Gasteiger partial charge is 0.497 e. The van der Waals surface area contributed by atoms with Gasteiger partial charge in [-0.3, -0.25) is 4.72 Å². The lowest BCUT2D eigenvalue weighted by molar-refractivity contribution is 0.415. The van der Waals surface area contributed by atoms with Crippen LogP contribution in [0.25, 0.3) is 0 Å². The number of sulfonamides is 1. The maximum Gasteiger partial charge on any atom is 0.263 e. The fourth-order valence-corrected chi connectivity index (χ4v) is 5.19. The van der Waals surface area contributed by atoms with Gasteiger partial charge < -0.3 is 10.5 Å². The third kappa shape index (κ3) is 3.32. The minimum absolute atomic E-state index is 0.186. The van der Waals surface area contributed by atoms with Crippen molar-refractivity contribution in [1.29, 1.82) is 0 Å². The molecule has 2 rings (SSSR count). The van der Waals surface area contributed by atoms with Gasteiger partial charge in [-0.25, -0.2) is 8.42 Å². The fourth-order valence-electron chi connectivity index (χ4n) is 1.58. The van der Waals surface area contributed by atoms with Crippen molar-refractivity contribution in [2.75, 3.05) is 11.8 Å². The van der Waals surface area contributed by atoms with Crippen LogP contribution in [-0.4, -0.2) is 15.5 Å². The van der Waals surface area contributed by atoms with Gasteiger partial charge in [0.05, 0.1) is 16.6 Å². The number of nitrogens with two attached hydrogens (primary N) is 1. The van der Waals surface area contributed by atoms with Crippen molar-refractivity contribution in [2.24, 2.45) is 5.73 Å². The lowest BCUT2D eigenvalue weighted by Crippen LogP contribution is -2.12. The van der Waals surface area contributed by atoms with E-state index in [1.165, 1.54) is 18.4 Å². The summed E-state index contributed by atoms with van der Waals surface area (Å²) < 4.78 is 32.8. The molecule has 0 amide bonds. The van der Waals surface area contributed by atoms with Crippen LogP contribution in [-0.2, 0) is 16.6 Å². The summed E-state index contributed by atoms with van der Waals surface area (Å²) >= 11 is 4.56. The van der Waals surface area contributed by atoms with Crippen molar-refractivity contribution in [3.05, 3.63) is 39.0 Å². The van der Waals surface area contributed by atoms with Crippen molar-refractivity contribution in [2.45, 2.75) is 11.4 Å². The van der Waals surface area contributed by atoms with Crippen molar-refractivity contribution in [3.63, 3.8) is 0 Å². The molecule has 0 spiro atoms. The number of halogens is 1. The minimum atomic E-state index is -3.66. The zero-order valence-electron chi connectivity index (χ0n) is 10.6. The van der Waals surface area contributed by atoms with Gasteiger partial charge >= 0.3 is 0 Å². The normalized spacial score (nSPS) is 11.3. The first-order valence-electron chi connectivity index (χ1n) is 5.61. The van der Waals surface area contributed by atoms with Gasteiger partial charge in [0, 0.05) is 17.5 Å². The first kappa shape index (κ1) is 15.3. The van der Waals surface area contributed by atoms with E-state index in [0.717, 1.165) is 4.88 Å². The highest BCUT2D eigenvalue weighted by Gasteiger charge is 2.20. The fraction of sp³-hybridized carbons (Fsp3) is 0.167. The Labute approximate surface area is 129 Å². The van der Waals surface area contributed by atoms with Gasteiger partial charge in [0.25, 0.3) is 10.0 Å². The lowest BCUT2D eigenvalue weighted by atomic mass is 10.3. The minimum Gasteiger partial charge on any atom is -0.497 e. The predicted molar refractivity (Wildman–Crippen MR) is 83.7 cm³/mol. The molecular weight excluding hydrogens is 364 g/mol. The molecular formula is C12H13BrN2O3S2. The van der Waals surface area contributed by atoms with Crippen LogP contribution in [0.5, 0.6) is 5.75 Å². The maximum absolute atomic E-state index is 12.3. The summed E-state index contributed by atoms with van der Waals surface area (Å²) in [6, 6.07) is 8.29. The van der Waals surface area contributed by atoms with E-state index < -0.39 is 10.0 Å². The Balaban J connectivity index is 2.32.